The molecule has 0 aromatic carbocycles. The lowest BCUT2D eigenvalue weighted by Gasteiger charge is -2.10. The molecule has 1 rings (SSSR count). The number of hydrogen-bond donors (Lipinski definition) is 0. The third-order valence-corrected chi connectivity index (χ3v) is 2.93. The minimum Gasteiger partial charge on any atom is -0.469 e. The number of ketones is 1. The molecule has 1 aliphatic rings. The van der Waals surface area contributed by atoms with Gasteiger partial charge in [-0.3, -0.25) is 9.59 Å². The van der Waals surface area contributed by atoms with Gasteiger partial charge in [-0.2, -0.15) is 0 Å². The Balaban J connectivity index is 2.66. The van der Waals surface area contributed by atoms with E-state index in [0.717, 1.165) is 18.4 Å². The number of methoxy groups -OCH3 is 1. The van der Waals surface area contributed by atoms with Gasteiger partial charge >= 0.3 is 5.97 Å². The summed E-state index contributed by atoms with van der Waals surface area (Å²) in [5.74, 6) is 0.600. The average molecular weight is 224 g/mol. The molecule has 1 atom stereocenters. The summed E-state index contributed by atoms with van der Waals surface area (Å²) in [6, 6.07) is 0. The topological polar surface area (TPSA) is 43.4 Å². The number of carbonyl (C=O) groups excluding carboxylic acids is 2. The van der Waals surface area contributed by atoms with Crippen LogP contribution in [0.15, 0.2) is 11.6 Å². The Morgan fingerprint density at radius 1 is 1.56 bits per heavy atom. The largest absolute Gasteiger partial charge is 0.469 e. The minimum atomic E-state index is -0.227. The van der Waals surface area contributed by atoms with Gasteiger partial charge in [-0.15, -0.1) is 0 Å². The molecule has 90 valence electrons. The summed E-state index contributed by atoms with van der Waals surface area (Å²) in [6.07, 6.45) is 4.61. The summed E-state index contributed by atoms with van der Waals surface area (Å²) in [4.78, 5) is 22.8. The van der Waals surface area contributed by atoms with Crippen molar-refractivity contribution in [3.05, 3.63) is 11.6 Å². The maximum absolute atomic E-state index is 11.6. The van der Waals surface area contributed by atoms with E-state index in [-0.39, 0.29) is 17.7 Å². The van der Waals surface area contributed by atoms with E-state index in [1.165, 1.54) is 7.11 Å². The summed E-state index contributed by atoms with van der Waals surface area (Å²) in [7, 11) is 1.39. The van der Waals surface area contributed by atoms with Gasteiger partial charge in [0, 0.05) is 6.42 Å². The van der Waals surface area contributed by atoms with Crippen LogP contribution < -0.4 is 0 Å². The Bertz CT molecular complexity index is 302. The smallest absolute Gasteiger partial charge is 0.306 e. The summed E-state index contributed by atoms with van der Waals surface area (Å²) < 4.78 is 4.64. The number of Topliss-reactive ketones (excluding diaryl/α,β-unsaturated/α-hetero) is 1. The molecule has 3 heteroatoms. The van der Waals surface area contributed by atoms with Crippen molar-refractivity contribution in [1.29, 1.82) is 0 Å². The first-order valence-corrected chi connectivity index (χ1v) is 5.84. The molecular weight excluding hydrogens is 204 g/mol. The van der Waals surface area contributed by atoms with Crippen molar-refractivity contribution in [2.45, 2.75) is 39.5 Å². The molecule has 0 heterocycles. The van der Waals surface area contributed by atoms with E-state index in [2.05, 4.69) is 18.6 Å². The van der Waals surface area contributed by atoms with E-state index in [4.69, 9.17) is 0 Å². The molecule has 0 radical (unpaired) electrons. The van der Waals surface area contributed by atoms with Crippen LogP contribution in [0.2, 0.25) is 0 Å². The quantitative estimate of drug-likeness (QED) is 0.544. The zero-order valence-corrected chi connectivity index (χ0v) is 10.3. The molecule has 1 aliphatic carbocycles. The monoisotopic (exact) mass is 224 g/mol. The van der Waals surface area contributed by atoms with Gasteiger partial charge in [0.1, 0.15) is 0 Å². The molecule has 0 aliphatic heterocycles. The van der Waals surface area contributed by atoms with Gasteiger partial charge in [0.05, 0.1) is 13.5 Å². The normalized spacial score (nSPS) is 23.1. The SMILES string of the molecule is COC(=O)CC1CCC(=O)/C1=C\CC(C)C. The van der Waals surface area contributed by atoms with Crippen molar-refractivity contribution in [2.75, 3.05) is 7.11 Å². The van der Waals surface area contributed by atoms with Gasteiger partial charge in [0.25, 0.3) is 0 Å². The molecule has 1 fully saturated rings. The minimum absolute atomic E-state index is 0.0821. The van der Waals surface area contributed by atoms with E-state index >= 15 is 0 Å². The fourth-order valence-electron chi connectivity index (χ4n) is 1.97. The van der Waals surface area contributed by atoms with E-state index in [1.807, 2.05) is 6.08 Å². The van der Waals surface area contributed by atoms with Gasteiger partial charge in [-0.1, -0.05) is 19.9 Å². The number of hydrogen-bond acceptors (Lipinski definition) is 3. The van der Waals surface area contributed by atoms with Crippen LogP contribution in [0.3, 0.4) is 0 Å². The van der Waals surface area contributed by atoms with Crippen molar-refractivity contribution in [1.82, 2.24) is 0 Å². The zero-order chi connectivity index (χ0) is 12.1. The van der Waals surface area contributed by atoms with Crippen LogP contribution in [0.1, 0.15) is 39.5 Å². The van der Waals surface area contributed by atoms with E-state index < -0.39 is 0 Å². The molecule has 16 heavy (non-hydrogen) atoms. The van der Waals surface area contributed by atoms with Gasteiger partial charge in [-0.25, -0.2) is 0 Å². The molecule has 0 amide bonds. The standard InChI is InChI=1S/C13H20O3/c1-9(2)4-6-11-10(5-7-12(11)14)8-13(15)16-3/h6,9-10H,4-5,7-8H2,1-3H3/b11-6-. The lowest BCUT2D eigenvalue weighted by molar-refractivity contribution is -0.141. The van der Waals surface area contributed by atoms with Crippen molar-refractivity contribution in [2.24, 2.45) is 11.8 Å². The predicted octanol–water partition coefficient (Wildman–Crippen LogP) is 2.50. The molecular formula is C13H20O3. The summed E-state index contributed by atoms with van der Waals surface area (Å²) in [5.41, 5.74) is 0.846. The second-order valence-corrected chi connectivity index (χ2v) is 4.73. The van der Waals surface area contributed by atoms with Crippen LogP contribution in [0.5, 0.6) is 0 Å². The van der Waals surface area contributed by atoms with Crippen LogP contribution >= 0.6 is 0 Å². The number of esters is 1. The average Bonchev–Trinajstić information content (AvgIpc) is 2.56. The van der Waals surface area contributed by atoms with Crippen LogP contribution in [-0.4, -0.2) is 18.9 Å². The highest BCUT2D eigenvalue weighted by Crippen LogP contribution is 2.31. The number of carbonyl (C=O) groups is 2. The van der Waals surface area contributed by atoms with Crippen molar-refractivity contribution >= 4 is 11.8 Å². The number of allylic oxidation sites excluding steroid dienone is 2. The van der Waals surface area contributed by atoms with Crippen molar-refractivity contribution < 1.29 is 14.3 Å². The Kier molecular flexibility index (Phi) is 4.71. The van der Waals surface area contributed by atoms with Gasteiger partial charge in [0.2, 0.25) is 0 Å². The maximum atomic E-state index is 11.6. The summed E-state index contributed by atoms with van der Waals surface area (Å²) in [6.45, 7) is 4.23. The second kappa shape index (κ2) is 5.83. The highest BCUT2D eigenvalue weighted by molar-refractivity contribution is 5.98. The lowest BCUT2D eigenvalue weighted by Crippen LogP contribution is -2.10. The van der Waals surface area contributed by atoms with Crippen molar-refractivity contribution in [3.8, 4) is 0 Å². The Hall–Kier alpha value is -1.12. The first-order chi connectivity index (χ1) is 7.54. The third kappa shape index (κ3) is 3.47. The maximum Gasteiger partial charge on any atom is 0.306 e. The zero-order valence-electron chi connectivity index (χ0n) is 10.3. The molecule has 0 N–H and O–H groups in total. The molecule has 0 saturated heterocycles. The van der Waals surface area contributed by atoms with Crippen LogP contribution in [-0.2, 0) is 14.3 Å². The molecule has 1 saturated carbocycles. The summed E-state index contributed by atoms with van der Waals surface area (Å²) in [5, 5.41) is 0. The molecule has 3 nitrogen and oxygen atoms in total. The molecule has 0 aromatic rings. The summed E-state index contributed by atoms with van der Waals surface area (Å²) >= 11 is 0. The predicted molar refractivity (Wildman–Crippen MR) is 61.9 cm³/mol. The van der Waals surface area contributed by atoms with Crippen molar-refractivity contribution in [3.63, 3.8) is 0 Å². The fourth-order valence-corrected chi connectivity index (χ4v) is 1.97. The molecule has 1 unspecified atom stereocenters. The van der Waals surface area contributed by atoms with Crippen LogP contribution in [0.25, 0.3) is 0 Å². The van der Waals surface area contributed by atoms with Crippen LogP contribution in [0.4, 0.5) is 0 Å². The van der Waals surface area contributed by atoms with E-state index in [9.17, 15) is 9.59 Å². The van der Waals surface area contributed by atoms with E-state index in [0.29, 0.717) is 18.8 Å². The van der Waals surface area contributed by atoms with Gasteiger partial charge in [-0.05, 0) is 30.3 Å². The van der Waals surface area contributed by atoms with E-state index in [1.54, 1.807) is 0 Å². The highest BCUT2D eigenvalue weighted by Gasteiger charge is 2.30. The Labute approximate surface area is 96.9 Å². The number of rotatable bonds is 4. The van der Waals surface area contributed by atoms with Gasteiger partial charge < -0.3 is 4.74 Å². The highest BCUT2D eigenvalue weighted by atomic mass is 16.5. The third-order valence-electron chi connectivity index (χ3n) is 2.93. The Morgan fingerprint density at radius 3 is 2.81 bits per heavy atom. The fraction of sp³-hybridized carbons (Fsp3) is 0.692. The molecule has 0 aromatic heterocycles. The molecule has 0 spiro atoms. The van der Waals surface area contributed by atoms with Crippen LogP contribution in [0, 0.1) is 11.8 Å². The molecule has 0 bridgehead atoms. The second-order valence-electron chi connectivity index (χ2n) is 4.73. The number of ether oxygens (including phenoxy) is 1. The lowest BCUT2D eigenvalue weighted by atomic mass is 9.96. The van der Waals surface area contributed by atoms with Gasteiger partial charge in [0.15, 0.2) is 5.78 Å². The first kappa shape index (κ1) is 12.9. The first-order valence-electron chi connectivity index (χ1n) is 5.84. The Morgan fingerprint density at radius 2 is 2.25 bits per heavy atom.